The highest BCUT2D eigenvalue weighted by atomic mass is 35.5. The molecule has 12 heteroatoms. The lowest BCUT2D eigenvalue weighted by molar-refractivity contribution is -0.131. The Morgan fingerprint density at radius 2 is 2.06 bits per heavy atom. The molecular formula is C24H30ClN7O4. The summed E-state index contributed by atoms with van der Waals surface area (Å²) in [6.07, 6.45) is 3.69. The average molecular weight is 516 g/mol. The van der Waals surface area contributed by atoms with E-state index < -0.39 is 5.92 Å². The minimum absolute atomic E-state index is 0.00948. The highest BCUT2D eigenvalue weighted by Gasteiger charge is 2.33. The third-order valence-corrected chi connectivity index (χ3v) is 6.34. The maximum Gasteiger partial charge on any atom is 0.238 e. The van der Waals surface area contributed by atoms with Crippen LogP contribution in [0.25, 0.3) is 0 Å². The minimum atomic E-state index is -0.649. The Labute approximate surface area is 214 Å². The number of aliphatic imine (C=N–C) groups is 1. The fourth-order valence-electron chi connectivity index (χ4n) is 3.98. The van der Waals surface area contributed by atoms with Crippen molar-refractivity contribution in [2.24, 2.45) is 4.99 Å². The molecule has 2 aliphatic heterocycles. The summed E-state index contributed by atoms with van der Waals surface area (Å²) in [6.45, 7) is 3.34. The van der Waals surface area contributed by atoms with Crippen LogP contribution in [0.4, 0.5) is 17.3 Å². The van der Waals surface area contributed by atoms with Crippen molar-refractivity contribution < 1.29 is 19.1 Å². The molecule has 0 saturated carbocycles. The molecule has 1 aromatic carbocycles. The molecule has 2 N–H and O–H groups in total. The summed E-state index contributed by atoms with van der Waals surface area (Å²) in [6, 6.07) is 5.17. The molecular weight excluding hydrogens is 486 g/mol. The number of halogens is 1. The number of ether oxygens (including phenoxy) is 2. The number of nitrogens with one attached hydrogen (secondary N) is 2. The Hall–Kier alpha value is -3.28. The van der Waals surface area contributed by atoms with Crippen LogP contribution in [0, 0.1) is 0 Å². The molecule has 0 saturated heterocycles. The number of hydrogen-bond acceptors (Lipinski definition) is 9. The number of hydrogen-bond donors (Lipinski definition) is 2. The van der Waals surface area contributed by atoms with Crippen molar-refractivity contribution in [3.05, 3.63) is 35.1 Å². The number of rotatable bonds is 3. The van der Waals surface area contributed by atoms with E-state index in [9.17, 15) is 9.59 Å². The van der Waals surface area contributed by atoms with Crippen molar-refractivity contribution in [3.63, 3.8) is 0 Å². The summed E-state index contributed by atoms with van der Waals surface area (Å²) >= 11 is 6.34. The molecule has 1 aromatic heterocycles. The van der Waals surface area contributed by atoms with Gasteiger partial charge in [-0.15, -0.1) is 0 Å². The van der Waals surface area contributed by atoms with Crippen LogP contribution in [0.5, 0.6) is 5.75 Å². The predicted molar refractivity (Wildman–Crippen MR) is 138 cm³/mol. The zero-order valence-electron chi connectivity index (χ0n) is 20.4. The van der Waals surface area contributed by atoms with E-state index in [4.69, 9.17) is 21.1 Å². The molecule has 2 amide bonds. The molecule has 11 nitrogen and oxygen atoms in total. The normalized spacial score (nSPS) is 19.4. The topological polar surface area (TPSA) is 121 Å². The molecule has 2 aromatic rings. The van der Waals surface area contributed by atoms with E-state index >= 15 is 0 Å². The highest BCUT2D eigenvalue weighted by Crippen LogP contribution is 2.35. The Kier molecular flexibility index (Phi) is 8.68. The first-order valence-electron chi connectivity index (χ1n) is 11.8. The van der Waals surface area contributed by atoms with Gasteiger partial charge in [0.1, 0.15) is 36.2 Å². The van der Waals surface area contributed by atoms with Gasteiger partial charge in [-0.2, -0.15) is 0 Å². The Balaban J connectivity index is 1.61. The van der Waals surface area contributed by atoms with Crippen LogP contribution in [-0.2, 0) is 14.3 Å². The molecule has 192 valence electrons. The largest absolute Gasteiger partial charge is 0.491 e. The zero-order valence-corrected chi connectivity index (χ0v) is 21.1. The third-order valence-electron chi connectivity index (χ3n) is 6.03. The number of carbonyl (C=O) groups excluding carboxylic acids is 2. The maximum atomic E-state index is 12.8. The van der Waals surface area contributed by atoms with Crippen LogP contribution in [0.15, 0.2) is 29.5 Å². The number of nitrogens with zero attached hydrogens (tertiary/aromatic N) is 5. The molecule has 3 heterocycles. The summed E-state index contributed by atoms with van der Waals surface area (Å²) in [5.74, 6) is 0.632. The molecule has 2 bridgehead atoms. The molecule has 2 aliphatic rings. The minimum Gasteiger partial charge on any atom is -0.491 e. The van der Waals surface area contributed by atoms with Crippen molar-refractivity contribution in [3.8, 4) is 5.75 Å². The number of likely N-dealkylation sites (N-methyl/N-ethyl adjacent to an activating group) is 1. The molecule has 0 spiro atoms. The fourth-order valence-corrected chi connectivity index (χ4v) is 4.15. The first-order chi connectivity index (χ1) is 17.5. The lowest BCUT2D eigenvalue weighted by atomic mass is 10.0. The number of carbonyl (C=O) groups is 2. The van der Waals surface area contributed by atoms with Gasteiger partial charge in [0.15, 0.2) is 0 Å². The number of fused-ring (bicyclic) bond motifs is 2. The maximum absolute atomic E-state index is 12.8. The van der Waals surface area contributed by atoms with Crippen LogP contribution < -0.4 is 15.4 Å². The fraction of sp³-hybridized carbons (Fsp3) is 0.458. The zero-order chi connectivity index (χ0) is 25.5. The number of amides is 2. The first-order valence-corrected chi connectivity index (χ1v) is 12.2. The van der Waals surface area contributed by atoms with Gasteiger partial charge >= 0.3 is 0 Å². The van der Waals surface area contributed by atoms with Crippen LogP contribution in [0.3, 0.4) is 0 Å². The lowest BCUT2D eigenvalue weighted by Crippen LogP contribution is -2.42. The van der Waals surface area contributed by atoms with E-state index in [0.29, 0.717) is 79.5 Å². The van der Waals surface area contributed by atoms with Crippen molar-refractivity contribution >= 4 is 47.0 Å². The second-order valence-corrected chi connectivity index (χ2v) is 8.96. The number of methoxy groups -OCH3 is 1. The third kappa shape index (κ3) is 6.28. The Morgan fingerprint density at radius 3 is 2.89 bits per heavy atom. The van der Waals surface area contributed by atoms with Crippen LogP contribution in [0.1, 0.15) is 17.9 Å². The van der Waals surface area contributed by atoms with Gasteiger partial charge in [0.25, 0.3) is 0 Å². The van der Waals surface area contributed by atoms with Gasteiger partial charge in [-0.3, -0.25) is 19.5 Å². The van der Waals surface area contributed by atoms with Gasteiger partial charge in [0, 0.05) is 52.6 Å². The molecule has 4 rings (SSSR count). The van der Waals surface area contributed by atoms with Crippen molar-refractivity contribution in [1.82, 2.24) is 19.8 Å². The molecule has 1 unspecified atom stereocenters. The van der Waals surface area contributed by atoms with E-state index in [2.05, 4.69) is 25.6 Å². The van der Waals surface area contributed by atoms with Gasteiger partial charge in [0.2, 0.25) is 11.8 Å². The summed E-state index contributed by atoms with van der Waals surface area (Å²) < 4.78 is 11.1. The van der Waals surface area contributed by atoms with E-state index in [1.807, 2.05) is 4.90 Å². The van der Waals surface area contributed by atoms with Crippen LogP contribution in [-0.4, -0.2) is 97.9 Å². The first kappa shape index (κ1) is 25.8. The van der Waals surface area contributed by atoms with Crippen molar-refractivity contribution in [2.75, 3.05) is 70.7 Å². The summed E-state index contributed by atoms with van der Waals surface area (Å²) in [7, 11) is 3.42. The second-order valence-electron chi connectivity index (χ2n) is 8.56. The molecule has 1 atom stereocenters. The number of anilines is 2. The molecule has 0 radical (unpaired) electrons. The monoisotopic (exact) mass is 515 g/mol. The number of benzene rings is 1. The summed E-state index contributed by atoms with van der Waals surface area (Å²) in [4.78, 5) is 42.3. The average Bonchev–Trinajstić information content (AvgIpc) is 3.19. The predicted octanol–water partition coefficient (Wildman–Crippen LogP) is 2.17. The van der Waals surface area contributed by atoms with Gasteiger partial charge in [-0.05, 0) is 18.6 Å². The van der Waals surface area contributed by atoms with E-state index in [1.165, 1.54) is 6.33 Å². The van der Waals surface area contributed by atoms with Crippen LogP contribution in [0.2, 0.25) is 5.02 Å². The smallest absolute Gasteiger partial charge is 0.238 e. The number of aromatic nitrogens is 2. The van der Waals surface area contributed by atoms with E-state index in [-0.39, 0.29) is 18.4 Å². The standard InChI is InChI=1S/C24H30ClN7O4/c1-31-7-3-6-26-22-21-17(24(34)30-23(21)29-15-28-22)13-27-16-4-5-18(25)19(12-16)36-11-9-32(8-10-35-2)14-20(31)33/h4-5,12-13,15,17H,3,6-11,14H2,1-2H3,(H2,26,28,29,30,34). The molecule has 36 heavy (non-hydrogen) atoms. The van der Waals surface area contributed by atoms with Crippen LogP contribution >= 0.6 is 11.6 Å². The van der Waals surface area contributed by atoms with Gasteiger partial charge in [-0.1, -0.05) is 11.6 Å². The highest BCUT2D eigenvalue weighted by molar-refractivity contribution is 6.32. The SMILES string of the molecule is COCCN1CCOc2cc(ccc2Cl)N=CC2C(=O)Nc3ncnc(c32)NCCCN(C)C(=O)C1. The van der Waals surface area contributed by atoms with Crippen molar-refractivity contribution in [2.45, 2.75) is 12.3 Å². The van der Waals surface area contributed by atoms with E-state index in [1.54, 1.807) is 43.5 Å². The second kappa shape index (κ2) is 12.1. The van der Waals surface area contributed by atoms with Gasteiger partial charge in [0.05, 0.1) is 29.4 Å². The Morgan fingerprint density at radius 1 is 1.22 bits per heavy atom. The lowest BCUT2D eigenvalue weighted by Gasteiger charge is -2.25. The molecule has 0 fully saturated rings. The summed E-state index contributed by atoms with van der Waals surface area (Å²) in [5, 5.41) is 6.52. The summed E-state index contributed by atoms with van der Waals surface area (Å²) in [5.41, 5.74) is 1.24. The van der Waals surface area contributed by atoms with Crippen molar-refractivity contribution in [1.29, 1.82) is 0 Å². The quantitative estimate of drug-likeness (QED) is 0.638. The van der Waals surface area contributed by atoms with Gasteiger partial charge < -0.3 is 25.0 Å². The van der Waals surface area contributed by atoms with E-state index in [0.717, 1.165) is 0 Å². The van der Waals surface area contributed by atoms with Gasteiger partial charge in [-0.25, -0.2) is 9.97 Å². The Bertz CT molecular complexity index is 1130. The molecule has 0 aliphatic carbocycles.